The van der Waals surface area contributed by atoms with Gasteiger partial charge >= 0.3 is 0 Å². The van der Waals surface area contributed by atoms with Crippen LogP contribution in [0.5, 0.6) is 0 Å². The molecule has 0 aliphatic rings. The van der Waals surface area contributed by atoms with Gasteiger partial charge in [-0.3, -0.25) is 0 Å². The van der Waals surface area contributed by atoms with Crippen LogP contribution in [-0.4, -0.2) is 31.1 Å². The summed E-state index contributed by atoms with van der Waals surface area (Å²) in [5.74, 6) is 1.81. The molecular formula is C69H47N3O2Si2. The zero-order valence-corrected chi connectivity index (χ0v) is 43.3. The molecule has 5 nitrogen and oxygen atoms in total. The SMILES string of the molecule is c1ccc(-c2nc(-c3cccc([Si](c4ccccc4)(c4ccccc4)c4ccc5oc6ccccc6c5c4)c3)nc(-c3cccc([Si](c4ccccc4)(c4ccccc4)c4ccc5oc6ccccc6c5c4)c3)n2)cc1. The molecule has 0 bridgehead atoms. The molecule has 76 heavy (non-hydrogen) atoms. The maximum Gasteiger partial charge on any atom is 0.179 e. The lowest BCUT2D eigenvalue weighted by Crippen LogP contribution is -2.74. The molecule has 3 heterocycles. The van der Waals surface area contributed by atoms with Gasteiger partial charge in [-0.1, -0.05) is 261 Å². The van der Waals surface area contributed by atoms with Crippen LogP contribution >= 0.6 is 0 Å². The summed E-state index contributed by atoms with van der Waals surface area (Å²) in [5, 5.41) is 14.4. The Morgan fingerprint density at radius 1 is 0.211 bits per heavy atom. The number of nitrogens with zero attached hydrogens (tertiary/aromatic N) is 3. The van der Waals surface area contributed by atoms with Gasteiger partial charge in [0.25, 0.3) is 0 Å². The molecule has 0 N–H and O–H groups in total. The second-order valence-electron chi connectivity index (χ2n) is 19.4. The maximum atomic E-state index is 6.42. The van der Waals surface area contributed by atoms with Crippen molar-refractivity contribution < 1.29 is 8.83 Å². The van der Waals surface area contributed by atoms with E-state index in [2.05, 4.69) is 255 Å². The first-order valence-electron chi connectivity index (χ1n) is 25.7. The Kier molecular flexibility index (Phi) is 11.1. The molecule has 3 aromatic heterocycles. The molecule has 0 unspecified atom stereocenters. The number of aromatic nitrogens is 3. The molecule has 0 spiro atoms. The van der Waals surface area contributed by atoms with E-state index in [0.29, 0.717) is 17.5 Å². The van der Waals surface area contributed by atoms with E-state index in [9.17, 15) is 0 Å². The lowest BCUT2D eigenvalue weighted by molar-refractivity contribution is 0.668. The van der Waals surface area contributed by atoms with Gasteiger partial charge in [-0.05, 0) is 65.8 Å². The summed E-state index contributed by atoms with van der Waals surface area (Å²) in [6.07, 6.45) is 0. The van der Waals surface area contributed by atoms with Gasteiger partial charge in [-0.25, -0.2) is 15.0 Å². The van der Waals surface area contributed by atoms with Crippen LogP contribution in [0.15, 0.2) is 294 Å². The molecule has 7 heteroatoms. The van der Waals surface area contributed by atoms with Crippen LogP contribution in [0.3, 0.4) is 0 Å². The van der Waals surface area contributed by atoms with E-state index in [0.717, 1.165) is 60.6 Å². The highest BCUT2D eigenvalue weighted by Gasteiger charge is 2.43. The van der Waals surface area contributed by atoms with Crippen molar-refractivity contribution in [2.24, 2.45) is 0 Å². The van der Waals surface area contributed by atoms with Crippen molar-refractivity contribution in [3.63, 3.8) is 0 Å². The minimum Gasteiger partial charge on any atom is -0.456 e. The van der Waals surface area contributed by atoms with Crippen LogP contribution in [0.4, 0.5) is 0 Å². The van der Waals surface area contributed by atoms with Gasteiger partial charge < -0.3 is 8.83 Å². The number of furan rings is 2. The van der Waals surface area contributed by atoms with Crippen molar-refractivity contribution in [2.75, 3.05) is 0 Å². The summed E-state index contributed by atoms with van der Waals surface area (Å²) in [6.45, 7) is 0. The monoisotopic (exact) mass is 1010 g/mol. The number of hydrogen-bond acceptors (Lipinski definition) is 5. The van der Waals surface area contributed by atoms with Gasteiger partial charge in [0.05, 0.1) is 0 Å². The van der Waals surface area contributed by atoms with E-state index >= 15 is 0 Å². The zero-order valence-electron chi connectivity index (χ0n) is 41.3. The Morgan fingerprint density at radius 2 is 0.500 bits per heavy atom. The fourth-order valence-corrected chi connectivity index (χ4v) is 21.4. The highest BCUT2D eigenvalue weighted by Crippen LogP contribution is 2.31. The smallest absolute Gasteiger partial charge is 0.179 e. The predicted molar refractivity (Wildman–Crippen MR) is 318 cm³/mol. The molecule has 0 atom stereocenters. The molecule has 0 saturated heterocycles. The Morgan fingerprint density at radius 3 is 0.895 bits per heavy atom. The van der Waals surface area contributed by atoms with Crippen LogP contribution in [0.25, 0.3) is 78.0 Å². The van der Waals surface area contributed by atoms with Gasteiger partial charge in [0, 0.05) is 38.2 Å². The first kappa shape index (κ1) is 45.1. The fourth-order valence-electron chi connectivity index (χ4n) is 11.8. The molecular weight excluding hydrogens is 959 g/mol. The van der Waals surface area contributed by atoms with Crippen molar-refractivity contribution in [1.29, 1.82) is 0 Å². The second kappa shape index (κ2) is 18.7. The molecule has 11 aromatic carbocycles. The Bertz CT molecular complexity index is 4070. The first-order chi connectivity index (χ1) is 37.6. The molecule has 0 aliphatic heterocycles. The summed E-state index contributed by atoms with van der Waals surface area (Å²) in [7, 11) is -6.13. The van der Waals surface area contributed by atoms with Crippen molar-refractivity contribution in [2.45, 2.75) is 0 Å². The molecule has 0 radical (unpaired) electrons. The van der Waals surface area contributed by atoms with E-state index in [-0.39, 0.29) is 0 Å². The molecule has 0 saturated carbocycles. The highest BCUT2D eigenvalue weighted by molar-refractivity contribution is 7.20. The summed E-state index contributed by atoms with van der Waals surface area (Å²) in [4.78, 5) is 16.2. The average Bonchev–Trinajstić information content (AvgIpc) is 4.08. The normalized spacial score (nSPS) is 11.9. The number of hydrogen-bond donors (Lipinski definition) is 0. The average molecular weight is 1010 g/mol. The molecule has 358 valence electrons. The van der Waals surface area contributed by atoms with E-state index < -0.39 is 16.1 Å². The third-order valence-electron chi connectivity index (χ3n) is 15.2. The second-order valence-corrected chi connectivity index (χ2v) is 27.0. The Hall–Kier alpha value is -9.54. The molecule has 0 amide bonds. The number of benzene rings is 11. The van der Waals surface area contributed by atoms with Crippen molar-refractivity contribution in [3.8, 4) is 34.2 Å². The first-order valence-corrected chi connectivity index (χ1v) is 29.7. The van der Waals surface area contributed by atoms with Crippen molar-refractivity contribution >= 4 is 102 Å². The number of fused-ring (bicyclic) bond motifs is 6. The van der Waals surface area contributed by atoms with Crippen molar-refractivity contribution in [1.82, 2.24) is 15.0 Å². The predicted octanol–water partition coefficient (Wildman–Crippen LogP) is 11.4. The number of para-hydroxylation sites is 2. The lowest BCUT2D eigenvalue weighted by Gasteiger charge is -2.34. The lowest BCUT2D eigenvalue weighted by atomic mass is 10.1. The van der Waals surface area contributed by atoms with Gasteiger partial charge in [0.1, 0.15) is 22.3 Å². The Labute approximate surface area is 442 Å². The van der Waals surface area contributed by atoms with Gasteiger partial charge in [-0.15, -0.1) is 0 Å². The van der Waals surface area contributed by atoms with Gasteiger partial charge in [0.2, 0.25) is 0 Å². The topological polar surface area (TPSA) is 65.0 Å². The molecule has 14 rings (SSSR count). The minimum atomic E-state index is -3.06. The van der Waals surface area contributed by atoms with E-state index in [1.807, 2.05) is 30.3 Å². The standard InChI is InChI=1S/C69H47N3O2Si2/c1-6-22-48(23-7-1)67-70-68(49-24-20-34-55(44-49)75(51-26-8-2-9-27-51,52-28-10-3-11-29-52)57-40-42-65-61(46-57)59-36-16-18-38-63(59)73-65)72-69(71-67)50-25-21-35-56(45-50)76(53-30-12-4-13-31-53,54-32-14-5-15-33-54)58-41-43-66-62(47-58)60-37-17-19-39-64(60)74-66/h1-47H. The van der Waals surface area contributed by atoms with Crippen LogP contribution < -0.4 is 41.5 Å². The zero-order chi connectivity index (χ0) is 50.5. The van der Waals surface area contributed by atoms with E-state index in [1.165, 1.54) is 41.5 Å². The summed E-state index contributed by atoms with van der Waals surface area (Å²) >= 11 is 0. The maximum absolute atomic E-state index is 6.42. The van der Waals surface area contributed by atoms with Crippen LogP contribution in [-0.2, 0) is 0 Å². The van der Waals surface area contributed by atoms with E-state index in [1.54, 1.807) is 0 Å². The molecule has 14 aromatic rings. The summed E-state index contributed by atoms with van der Waals surface area (Å²) in [5.41, 5.74) is 6.24. The quantitative estimate of drug-likeness (QED) is 0.0954. The van der Waals surface area contributed by atoms with Crippen molar-refractivity contribution in [3.05, 3.63) is 285 Å². The Balaban J connectivity index is 0.986. The van der Waals surface area contributed by atoms with Crippen LogP contribution in [0.1, 0.15) is 0 Å². The summed E-state index contributed by atoms with van der Waals surface area (Å²) in [6, 6.07) is 103. The third kappa shape index (κ3) is 7.47. The van der Waals surface area contributed by atoms with Gasteiger partial charge in [0.15, 0.2) is 33.6 Å². The molecule has 0 aliphatic carbocycles. The highest BCUT2D eigenvalue weighted by atomic mass is 28.3. The van der Waals surface area contributed by atoms with Gasteiger partial charge in [-0.2, -0.15) is 0 Å². The van der Waals surface area contributed by atoms with Crippen LogP contribution in [0.2, 0.25) is 0 Å². The largest absolute Gasteiger partial charge is 0.456 e. The molecule has 0 fully saturated rings. The third-order valence-corrected chi connectivity index (χ3v) is 24.7. The summed E-state index contributed by atoms with van der Waals surface area (Å²) < 4.78 is 12.8. The minimum absolute atomic E-state index is 0.600. The van der Waals surface area contributed by atoms with E-state index in [4.69, 9.17) is 23.8 Å². The van der Waals surface area contributed by atoms with Crippen LogP contribution in [0, 0.1) is 0 Å². The number of rotatable bonds is 11. The fraction of sp³-hybridized carbons (Fsp3) is 0.